The molecule has 1 fully saturated rings. The van der Waals surface area contributed by atoms with Gasteiger partial charge in [0, 0.05) is 5.75 Å². The van der Waals surface area contributed by atoms with Crippen LogP contribution in [-0.4, -0.2) is 83.7 Å². The predicted molar refractivity (Wildman–Crippen MR) is 134 cm³/mol. The standard InChI is InChI=1S/C23H35BNO7S2/c1-3-4-5-6-9-15(2)31-17(14-30-24-28)21-19(26)20(27)22(32-21)29-12-13-33-23-25-16-10-7-8-11-18(16)34-23/h7-8,10-11,15,17,19-22,26-28H,3-6,9,12-14H2,1-2H3/t15?,17-,19+,20+,21+,22-/m0/s1. The Kier molecular flexibility index (Phi) is 12.0. The van der Waals surface area contributed by atoms with E-state index in [9.17, 15) is 10.2 Å². The summed E-state index contributed by atoms with van der Waals surface area (Å²) in [6.45, 7) is 4.44. The van der Waals surface area contributed by atoms with Crippen LogP contribution in [0.15, 0.2) is 28.6 Å². The van der Waals surface area contributed by atoms with Crippen molar-refractivity contribution in [3.63, 3.8) is 0 Å². The van der Waals surface area contributed by atoms with Gasteiger partial charge in [0.1, 0.15) is 24.4 Å². The average Bonchev–Trinajstić information content (AvgIpc) is 3.38. The third-order valence-corrected chi connectivity index (χ3v) is 7.84. The Morgan fingerprint density at radius 1 is 1.21 bits per heavy atom. The van der Waals surface area contributed by atoms with Crippen LogP contribution in [0.1, 0.15) is 46.0 Å². The molecule has 6 atom stereocenters. The second kappa shape index (κ2) is 14.7. The number of para-hydroxylation sites is 1. The third kappa shape index (κ3) is 8.14. The number of thiazole rings is 1. The number of thioether (sulfide) groups is 1. The van der Waals surface area contributed by atoms with Gasteiger partial charge in [0.15, 0.2) is 10.6 Å². The van der Waals surface area contributed by atoms with Crippen molar-refractivity contribution in [3.8, 4) is 0 Å². The Morgan fingerprint density at radius 3 is 2.79 bits per heavy atom. The molecule has 34 heavy (non-hydrogen) atoms. The van der Waals surface area contributed by atoms with Gasteiger partial charge in [0.2, 0.25) is 0 Å². The van der Waals surface area contributed by atoms with Gasteiger partial charge in [-0.25, -0.2) is 4.98 Å². The summed E-state index contributed by atoms with van der Waals surface area (Å²) in [6.07, 6.45) is 0.448. The Morgan fingerprint density at radius 2 is 2.03 bits per heavy atom. The summed E-state index contributed by atoms with van der Waals surface area (Å²) in [5.74, 6) is 0.629. The molecule has 1 aromatic heterocycles. The molecule has 1 saturated heterocycles. The summed E-state index contributed by atoms with van der Waals surface area (Å²) in [7, 11) is 0.591. The second-order valence-corrected chi connectivity index (χ2v) is 10.8. The van der Waals surface area contributed by atoms with Crippen molar-refractivity contribution in [3.05, 3.63) is 24.3 Å². The number of nitrogens with zero attached hydrogens (tertiary/aromatic N) is 1. The second-order valence-electron chi connectivity index (χ2n) is 8.39. The van der Waals surface area contributed by atoms with Gasteiger partial charge >= 0.3 is 7.69 Å². The van der Waals surface area contributed by atoms with Crippen molar-refractivity contribution in [1.82, 2.24) is 4.98 Å². The number of unbranched alkanes of at least 4 members (excludes halogenated alkanes) is 3. The number of aliphatic hydroxyl groups excluding tert-OH is 2. The van der Waals surface area contributed by atoms with Gasteiger partial charge in [-0.1, -0.05) is 56.5 Å². The van der Waals surface area contributed by atoms with E-state index < -0.39 is 30.7 Å². The molecular formula is C23H35BNO7S2. The lowest BCUT2D eigenvalue weighted by molar-refractivity contribution is -0.189. The van der Waals surface area contributed by atoms with Crippen LogP contribution in [0, 0.1) is 0 Å². The SMILES string of the molecule is CCCCCCC(C)O[C@@H](CO[B]O)[C@H]1O[C@H](OCCSc2nc3ccccc3s2)[C@H](O)[C@H]1O. The summed E-state index contributed by atoms with van der Waals surface area (Å²) in [5.41, 5.74) is 0.976. The number of rotatable bonds is 16. The smallest absolute Gasteiger partial charge is 0.429 e. The normalized spacial score (nSPS) is 24.5. The molecule has 1 unspecified atom stereocenters. The Labute approximate surface area is 210 Å². The van der Waals surface area contributed by atoms with Gasteiger partial charge in [0.25, 0.3) is 0 Å². The fraction of sp³-hybridized carbons (Fsp3) is 0.696. The average molecular weight is 512 g/mol. The first-order valence-electron chi connectivity index (χ1n) is 11.9. The zero-order valence-corrected chi connectivity index (χ0v) is 21.4. The molecule has 1 aliphatic rings. The summed E-state index contributed by atoms with van der Waals surface area (Å²) in [6, 6.07) is 7.99. The maximum atomic E-state index is 10.6. The minimum atomic E-state index is -1.21. The monoisotopic (exact) mass is 512 g/mol. The van der Waals surface area contributed by atoms with Crippen molar-refractivity contribution in [2.24, 2.45) is 0 Å². The zero-order valence-electron chi connectivity index (χ0n) is 19.7. The van der Waals surface area contributed by atoms with Crippen LogP contribution in [0.2, 0.25) is 0 Å². The van der Waals surface area contributed by atoms with Crippen LogP contribution in [0.3, 0.4) is 0 Å². The highest BCUT2D eigenvalue weighted by Gasteiger charge is 2.47. The molecule has 3 N–H and O–H groups in total. The molecule has 2 heterocycles. The lowest BCUT2D eigenvalue weighted by atomic mass is 10.1. The first-order valence-corrected chi connectivity index (χ1v) is 13.7. The van der Waals surface area contributed by atoms with E-state index in [0.29, 0.717) is 20.0 Å². The molecule has 0 bridgehead atoms. The van der Waals surface area contributed by atoms with E-state index >= 15 is 0 Å². The van der Waals surface area contributed by atoms with Crippen LogP contribution in [0.25, 0.3) is 10.2 Å². The van der Waals surface area contributed by atoms with Crippen LogP contribution >= 0.6 is 23.1 Å². The molecule has 189 valence electrons. The molecule has 8 nitrogen and oxygen atoms in total. The summed E-state index contributed by atoms with van der Waals surface area (Å²) in [5, 5.41) is 30.0. The molecule has 0 aliphatic carbocycles. The van der Waals surface area contributed by atoms with Gasteiger partial charge in [-0.05, 0) is 25.5 Å². The molecule has 2 aromatic rings. The summed E-state index contributed by atoms with van der Waals surface area (Å²) in [4.78, 5) is 4.58. The number of benzene rings is 1. The number of aliphatic hydroxyl groups is 2. The van der Waals surface area contributed by atoms with Crippen molar-refractivity contribution < 1.29 is 34.1 Å². The molecule has 1 radical (unpaired) electrons. The molecule has 0 amide bonds. The fourth-order valence-electron chi connectivity index (χ4n) is 3.90. The van der Waals surface area contributed by atoms with Crippen LogP contribution < -0.4 is 0 Å². The maximum Gasteiger partial charge on any atom is 0.485 e. The molecule has 3 rings (SSSR count). The molecule has 11 heteroatoms. The molecule has 0 spiro atoms. The van der Waals surface area contributed by atoms with Gasteiger partial charge in [-0.15, -0.1) is 11.3 Å². The van der Waals surface area contributed by atoms with E-state index in [2.05, 4.69) is 11.9 Å². The quantitative estimate of drug-likeness (QED) is 0.178. The number of hydrogen-bond acceptors (Lipinski definition) is 10. The number of fused-ring (bicyclic) bond motifs is 1. The van der Waals surface area contributed by atoms with Crippen LogP contribution in [0.4, 0.5) is 0 Å². The molecule has 1 aliphatic heterocycles. The highest BCUT2D eigenvalue weighted by atomic mass is 32.2. The third-order valence-electron chi connectivity index (χ3n) is 5.69. The van der Waals surface area contributed by atoms with E-state index in [1.54, 1.807) is 23.1 Å². The lowest BCUT2D eigenvalue weighted by Crippen LogP contribution is -2.44. The minimum absolute atomic E-state index is 0.00950. The Balaban J connectivity index is 1.47. The van der Waals surface area contributed by atoms with Crippen molar-refractivity contribution in [2.75, 3.05) is 19.0 Å². The lowest BCUT2D eigenvalue weighted by Gasteiger charge is -2.28. The zero-order chi connectivity index (χ0) is 24.3. The van der Waals surface area contributed by atoms with E-state index in [1.165, 1.54) is 12.8 Å². The van der Waals surface area contributed by atoms with E-state index in [0.717, 1.165) is 33.8 Å². The van der Waals surface area contributed by atoms with Gasteiger partial charge in [-0.2, -0.15) is 0 Å². The van der Waals surface area contributed by atoms with E-state index in [1.807, 2.05) is 31.2 Å². The highest BCUT2D eigenvalue weighted by Crippen LogP contribution is 2.30. The van der Waals surface area contributed by atoms with Gasteiger partial charge in [-0.3, -0.25) is 0 Å². The topological polar surface area (TPSA) is 111 Å². The van der Waals surface area contributed by atoms with Gasteiger partial charge < -0.3 is 34.1 Å². The molecule has 1 aromatic carbocycles. The number of hydrogen-bond donors (Lipinski definition) is 3. The Hall–Kier alpha value is -0.755. The molecule has 0 saturated carbocycles. The number of ether oxygens (including phenoxy) is 3. The van der Waals surface area contributed by atoms with Crippen molar-refractivity contribution >= 4 is 41.0 Å². The largest absolute Gasteiger partial charge is 0.485 e. The highest BCUT2D eigenvalue weighted by molar-refractivity contribution is 8.01. The predicted octanol–water partition coefficient (Wildman–Crippen LogP) is 3.14. The maximum absolute atomic E-state index is 10.6. The fourth-order valence-corrected chi connectivity index (χ4v) is 5.87. The van der Waals surface area contributed by atoms with Gasteiger partial charge in [0.05, 0.1) is 29.5 Å². The minimum Gasteiger partial charge on any atom is -0.429 e. The summed E-state index contributed by atoms with van der Waals surface area (Å²) < 4.78 is 24.8. The van der Waals surface area contributed by atoms with E-state index in [-0.39, 0.29) is 12.7 Å². The van der Waals surface area contributed by atoms with Crippen molar-refractivity contribution in [1.29, 1.82) is 0 Å². The van der Waals surface area contributed by atoms with Crippen molar-refractivity contribution in [2.45, 2.75) is 87.1 Å². The van der Waals surface area contributed by atoms with Crippen LogP contribution in [-0.2, 0) is 18.9 Å². The summed E-state index contributed by atoms with van der Waals surface area (Å²) >= 11 is 3.20. The first kappa shape index (κ1) is 27.8. The number of aromatic nitrogens is 1. The molecular weight excluding hydrogens is 477 g/mol. The Bertz CT molecular complexity index is 812. The first-order chi connectivity index (χ1) is 16.5. The van der Waals surface area contributed by atoms with E-state index in [4.69, 9.17) is 23.9 Å². The van der Waals surface area contributed by atoms with Crippen LogP contribution in [0.5, 0.6) is 0 Å².